The maximum absolute atomic E-state index is 12.0. The van der Waals surface area contributed by atoms with Crippen LogP contribution in [-0.4, -0.2) is 41.4 Å². The first kappa shape index (κ1) is 15.8. The highest BCUT2D eigenvalue weighted by molar-refractivity contribution is 5.81. The van der Waals surface area contributed by atoms with Gasteiger partial charge in [-0.1, -0.05) is 13.8 Å². The predicted molar refractivity (Wildman–Crippen MR) is 84.4 cm³/mol. The highest BCUT2D eigenvalue weighted by atomic mass is 16.2. The minimum Gasteiger partial charge on any atom is -0.352 e. The van der Waals surface area contributed by atoms with E-state index in [1.807, 2.05) is 30.6 Å². The maximum atomic E-state index is 12.0. The van der Waals surface area contributed by atoms with E-state index in [0.29, 0.717) is 18.6 Å². The van der Waals surface area contributed by atoms with Gasteiger partial charge in [0.25, 0.3) is 0 Å². The van der Waals surface area contributed by atoms with Crippen LogP contribution in [0.2, 0.25) is 0 Å². The Labute approximate surface area is 126 Å². The number of carbonyl (C=O) groups is 1. The zero-order chi connectivity index (χ0) is 15.6. The van der Waals surface area contributed by atoms with Gasteiger partial charge in [0.05, 0.1) is 12.2 Å². The molecular formula is C15H27N5O. The van der Waals surface area contributed by atoms with Crippen molar-refractivity contribution >= 4 is 11.7 Å². The minimum absolute atomic E-state index is 0.0848. The van der Waals surface area contributed by atoms with Crippen LogP contribution in [0.3, 0.4) is 0 Å². The topological polar surface area (TPSA) is 62.2 Å². The molecule has 0 bridgehead atoms. The van der Waals surface area contributed by atoms with E-state index >= 15 is 0 Å². The Bertz CT molecular complexity index is 504. The van der Waals surface area contributed by atoms with Crippen molar-refractivity contribution in [1.82, 2.24) is 20.4 Å². The molecule has 0 atom stereocenters. The average molecular weight is 293 g/mol. The standard InChI is InChI=1S/C15H27N5O/c1-10(2)16-8-13-11(3)18-20(5)15(13)19(4)9-14(21)17-12-6-7-12/h10,12,16H,6-9H2,1-5H3,(H,17,21). The Hall–Kier alpha value is -1.56. The Kier molecular flexibility index (Phi) is 4.88. The molecule has 1 aromatic heterocycles. The Balaban J connectivity index is 2.06. The lowest BCUT2D eigenvalue weighted by molar-refractivity contribution is -0.119. The first-order valence-electron chi connectivity index (χ1n) is 7.64. The zero-order valence-electron chi connectivity index (χ0n) is 13.7. The van der Waals surface area contributed by atoms with E-state index in [-0.39, 0.29) is 5.91 Å². The third kappa shape index (κ3) is 4.20. The van der Waals surface area contributed by atoms with Gasteiger partial charge in [-0.25, -0.2) is 0 Å². The summed E-state index contributed by atoms with van der Waals surface area (Å²) in [6.45, 7) is 7.39. The fourth-order valence-electron chi connectivity index (χ4n) is 2.47. The molecule has 0 spiro atoms. The van der Waals surface area contributed by atoms with E-state index in [1.54, 1.807) is 0 Å². The van der Waals surface area contributed by atoms with E-state index in [4.69, 9.17) is 0 Å². The quantitative estimate of drug-likeness (QED) is 0.785. The fourth-order valence-corrected chi connectivity index (χ4v) is 2.47. The van der Waals surface area contributed by atoms with Gasteiger partial charge in [0.2, 0.25) is 5.91 Å². The molecule has 0 saturated heterocycles. The van der Waals surface area contributed by atoms with Crippen LogP contribution in [0.4, 0.5) is 5.82 Å². The lowest BCUT2D eigenvalue weighted by Gasteiger charge is -2.21. The van der Waals surface area contributed by atoms with Gasteiger partial charge < -0.3 is 15.5 Å². The number of likely N-dealkylation sites (N-methyl/N-ethyl adjacent to an activating group) is 1. The highest BCUT2D eigenvalue weighted by Gasteiger charge is 2.25. The van der Waals surface area contributed by atoms with Crippen LogP contribution in [0.25, 0.3) is 0 Å². The van der Waals surface area contributed by atoms with Crippen molar-refractivity contribution in [3.63, 3.8) is 0 Å². The number of anilines is 1. The molecule has 1 heterocycles. The molecule has 118 valence electrons. The number of aromatic nitrogens is 2. The van der Waals surface area contributed by atoms with E-state index in [0.717, 1.165) is 36.5 Å². The monoisotopic (exact) mass is 293 g/mol. The number of hydrogen-bond acceptors (Lipinski definition) is 4. The third-order valence-corrected chi connectivity index (χ3v) is 3.69. The molecule has 0 aliphatic heterocycles. The Morgan fingerprint density at radius 1 is 1.48 bits per heavy atom. The van der Waals surface area contributed by atoms with E-state index < -0.39 is 0 Å². The SMILES string of the molecule is Cc1nn(C)c(N(C)CC(=O)NC2CC2)c1CNC(C)C. The summed E-state index contributed by atoms with van der Waals surface area (Å²) in [7, 11) is 3.87. The van der Waals surface area contributed by atoms with Crippen LogP contribution in [0.1, 0.15) is 37.9 Å². The van der Waals surface area contributed by atoms with Crippen molar-refractivity contribution in [3.05, 3.63) is 11.3 Å². The number of carbonyl (C=O) groups excluding carboxylic acids is 1. The highest BCUT2D eigenvalue weighted by Crippen LogP contribution is 2.23. The molecule has 0 unspecified atom stereocenters. The van der Waals surface area contributed by atoms with Crippen molar-refractivity contribution in [2.75, 3.05) is 18.5 Å². The van der Waals surface area contributed by atoms with Gasteiger partial charge in [-0.3, -0.25) is 9.48 Å². The lowest BCUT2D eigenvalue weighted by atomic mass is 10.2. The summed E-state index contributed by atoms with van der Waals surface area (Å²) in [6, 6.07) is 0.821. The van der Waals surface area contributed by atoms with Gasteiger partial charge in [-0.05, 0) is 19.8 Å². The van der Waals surface area contributed by atoms with Crippen molar-refractivity contribution in [2.45, 2.75) is 52.2 Å². The molecule has 6 nitrogen and oxygen atoms in total. The summed E-state index contributed by atoms with van der Waals surface area (Å²) >= 11 is 0. The van der Waals surface area contributed by atoms with E-state index in [2.05, 4.69) is 29.6 Å². The second-order valence-corrected chi connectivity index (χ2v) is 6.24. The second-order valence-electron chi connectivity index (χ2n) is 6.24. The molecule has 2 rings (SSSR count). The molecule has 6 heteroatoms. The van der Waals surface area contributed by atoms with Gasteiger partial charge in [-0.15, -0.1) is 0 Å². The first-order chi connectivity index (χ1) is 9.88. The average Bonchev–Trinajstić information content (AvgIpc) is 3.11. The van der Waals surface area contributed by atoms with Gasteiger partial charge in [-0.2, -0.15) is 5.10 Å². The van der Waals surface area contributed by atoms with Crippen LogP contribution in [0.15, 0.2) is 0 Å². The van der Waals surface area contributed by atoms with E-state index in [1.165, 1.54) is 0 Å². The minimum atomic E-state index is 0.0848. The summed E-state index contributed by atoms with van der Waals surface area (Å²) < 4.78 is 1.86. The molecule has 1 aliphatic carbocycles. The lowest BCUT2D eigenvalue weighted by Crippen LogP contribution is -2.37. The summed E-state index contributed by atoms with van der Waals surface area (Å²) in [6.07, 6.45) is 2.23. The molecule has 1 aromatic rings. The summed E-state index contributed by atoms with van der Waals surface area (Å²) in [5.74, 6) is 1.09. The Morgan fingerprint density at radius 2 is 2.14 bits per heavy atom. The smallest absolute Gasteiger partial charge is 0.239 e. The summed E-state index contributed by atoms with van der Waals surface area (Å²) in [5, 5.41) is 10.9. The third-order valence-electron chi connectivity index (χ3n) is 3.69. The number of nitrogens with zero attached hydrogens (tertiary/aromatic N) is 3. The van der Waals surface area contributed by atoms with Crippen LogP contribution in [-0.2, 0) is 18.4 Å². The molecule has 21 heavy (non-hydrogen) atoms. The molecule has 1 amide bonds. The van der Waals surface area contributed by atoms with Crippen molar-refractivity contribution in [1.29, 1.82) is 0 Å². The van der Waals surface area contributed by atoms with Gasteiger partial charge in [0, 0.05) is 38.3 Å². The molecule has 1 fully saturated rings. The van der Waals surface area contributed by atoms with Crippen LogP contribution in [0, 0.1) is 6.92 Å². The van der Waals surface area contributed by atoms with Gasteiger partial charge >= 0.3 is 0 Å². The van der Waals surface area contributed by atoms with Crippen molar-refractivity contribution in [2.24, 2.45) is 7.05 Å². The van der Waals surface area contributed by atoms with Crippen LogP contribution >= 0.6 is 0 Å². The molecule has 0 aromatic carbocycles. The normalized spacial score (nSPS) is 14.6. The molecule has 0 radical (unpaired) electrons. The largest absolute Gasteiger partial charge is 0.352 e. The molecule has 2 N–H and O–H groups in total. The fraction of sp³-hybridized carbons (Fsp3) is 0.733. The van der Waals surface area contributed by atoms with Crippen LogP contribution < -0.4 is 15.5 Å². The number of nitrogens with one attached hydrogen (secondary N) is 2. The van der Waals surface area contributed by atoms with Crippen molar-refractivity contribution < 1.29 is 4.79 Å². The first-order valence-corrected chi connectivity index (χ1v) is 7.64. The van der Waals surface area contributed by atoms with E-state index in [9.17, 15) is 4.79 Å². The zero-order valence-corrected chi connectivity index (χ0v) is 13.7. The summed E-state index contributed by atoms with van der Waals surface area (Å²) in [4.78, 5) is 14.0. The summed E-state index contributed by atoms with van der Waals surface area (Å²) in [5.41, 5.74) is 2.17. The number of amides is 1. The second kappa shape index (κ2) is 6.47. The van der Waals surface area contributed by atoms with Gasteiger partial charge in [0.1, 0.15) is 5.82 Å². The molecule has 1 saturated carbocycles. The maximum Gasteiger partial charge on any atom is 0.239 e. The number of aryl methyl sites for hydroxylation is 2. The van der Waals surface area contributed by atoms with Crippen LogP contribution in [0.5, 0.6) is 0 Å². The Morgan fingerprint density at radius 3 is 2.71 bits per heavy atom. The number of rotatable bonds is 7. The predicted octanol–water partition coefficient (Wildman–Crippen LogP) is 0.941. The number of hydrogen-bond donors (Lipinski definition) is 2. The molecule has 1 aliphatic rings. The molecular weight excluding hydrogens is 266 g/mol. The van der Waals surface area contributed by atoms with Gasteiger partial charge in [0.15, 0.2) is 0 Å². The van der Waals surface area contributed by atoms with Crippen molar-refractivity contribution in [3.8, 4) is 0 Å².